The Morgan fingerprint density at radius 1 is 0.707 bits per heavy atom. The van der Waals surface area contributed by atoms with Crippen molar-refractivity contribution in [1.29, 1.82) is 0 Å². The van der Waals surface area contributed by atoms with Crippen molar-refractivity contribution in [3.8, 4) is 0 Å². The van der Waals surface area contributed by atoms with E-state index in [0.717, 1.165) is 29.1 Å². The first kappa shape index (κ1) is 26.7. The zero-order valence-electron chi connectivity index (χ0n) is 23.1. The first-order valence-corrected chi connectivity index (χ1v) is 14.2. The summed E-state index contributed by atoms with van der Waals surface area (Å²) in [5.74, 6) is 0.928. The molecule has 1 amide bonds. The number of hydrogen-bond acceptors (Lipinski definition) is 5. The van der Waals surface area contributed by atoms with E-state index in [-0.39, 0.29) is 19.2 Å². The fourth-order valence-corrected chi connectivity index (χ4v) is 5.97. The van der Waals surface area contributed by atoms with Gasteiger partial charge in [0, 0.05) is 44.0 Å². The zero-order chi connectivity index (χ0) is 27.9. The Morgan fingerprint density at radius 3 is 1.78 bits per heavy atom. The Balaban J connectivity index is 1.25. The number of hydrogen-bond donors (Lipinski definition) is 0. The van der Waals surface area contributed by atoms with Gasteiger partial charge in [0.2, 0.25) is 12.7 Å². The lowest BCUT2D eigenvalue weighted by molar-refractivity contribution is -0.132. The number of rotatable bonds is 9. The van der Waals surface area contributed by atoms with Gasteiger partial charge in [-0.2, -0.15) is 0 Å². The van der Waals surface area contributed by atoms with E-state index in [9.17, 15) is 4.79 Å². The zero-order valence-corrected chi connectivity index (χ0v) is 23.1. The first-order valence-electron chi connectivity index (χ1n) is 14.2. The minimum absolute atomic E-state index is 0.116. The summed E-state index contributed by atoms with van der Waals surface area (Å²) in [5.41, 5.74) is 3.82. The van der Waals surface area contributed by atoms with Crippen LogP contribution in [0.15, 0.2) is 133 Å². The molecule has 0 saturated carbocycles. The summed E-state index contributed by atoms with van der Waals surface area (Å²) in [6, 6.07) is 41.3. The van der Waals surface area contributed by atoms with Crippen molar-refractivity contribution in [2.45, 2.75) is 12.0 Å². The van der Waals surface area contributed by atoms with Crippen molar-refractivity contribution in [3.05, 3.63) is 144 Å². The minimum atomic E-state index is -0.547. The molecule has 1 fully saturated rings. The van der Waals surface area contributed by atoms with Gasteiger partial charge in [-0.3, -0.25) is 9.69 Å². The van der Waals surface area contributed by atoms with Crippen molar-refractivity contribution in [1.82, 2.24) is 9.80 Å². The first-order chi connectivity index (χ1) is 20.2. The second kappa shape index (κ2) is 12.3. The van der Waals surface area contributed by atoms with Crippen LogP contribution in [0, 0.1) is 0 Å². The van der Waals surface area contributed by atoms with Gasteiger partial charge in [-0.1, -0.05) is 97.1 Å². The monoisotopic (exact) mass is 545 g/mol. The molecule has 1 unspecified atom stereocenters. The lowest BCUT2D eigenvalue weighted by Gasteiger charge is -2.48. The number of piperazine rings is 1. The molecular formula is C35H35N3O3. The summed E-state index contributed by atoms with van der Waals surface area (Å²) < 4.78 is 11.8. The molecule has 6 heteroatoms. The number of amides is 1. The molecule has 0 bridgehead atoms. The van der Waals surface area contributed by atoms with E-state index in [2.05, 4.69) is 58.3 Å². The number of carbonyl (C=O) groups excluding carboxylic acids is 1. The summed E-state index contributed by atoms with van der Waals surface area (Å²) in [4.78, 5) is 20.3. The summed E-state index contributed by atoms with van der Waals surface area (Å²) in [5, 5.41) is 0. The average Bonchev–Trinajstić information content (AvgIpc) is 3.60. The Bertz CT molecular complexity index is 1400. The van der Waals surface area contributed by atoms with Crippen LogP contribution >= 0.6 is 0 Å². The van der Waals surface area contributed by atoms with Gasteiger partial charge in [-0.15, -0.1) is 0 Å². The van der Waals surface area contributed by atoms with E-state index in [0.29, 0.717) is 26.2 Å². The van der Waals surface area contributed by atoms with Gasteiger partial charge in [0.1, 0.15) is 18.3 Å². The molecule has 4 aromatic rings. The highest BCUT2D eigenvalue weighted by Gasteiger charge is 2.46. The fourth-order valence-electron chi connectivity index (χ4n) is 5.97. The Labute approximate surface area is 242 Å². The van der Waals surface area contributed by atoms with Gasteiger partial charge >= 0.3 is 0 Å². The highest BCUT2D eigenvalue weighted by molar-refractivity contribution is 5.84. The second-order valence-electron chi connectivity index (χ2n) is 10.4. The van der Waals surface area contributed by atoms with Crippen LogP contribution in [-0.4, -0.2) is 55.2 Å². The predicted molar refractivity (Wildman–Crippen MR) is 161 cm³/mol. The number of carbonyl (C=O) groups is 1. The maximum atomic E-state index is 13.7. The summed E-state index contributed by atoms with van der Waals surface area (Å²) in [6.45, 7) is 3.19. The van der Waals surface area contributed by atoms with Crippen molar-refractivity contribution in [2.24, 2.45) is 0 Å². The smallest absolute Gasteiger partial charge is 0.242 e. The molecule has 2 aliphatic heterocycles. The van der Waals surface area contributed by atoms with Crippen LogP contribution in [0.4, 0.5) is 11.4 Å². The average molecular weight is 546 g/mol. The molecular weight excluding hydrogens is 510 g/mol. The van der Waals surface area contributed by atoms with E-state index in [1.165, 1.54) is 5.56 Å². The van der Waals surface area contributed by atoms with E-state index in [1.54, 1.807) is 6.26 Å². The number of nitrogens with zero attached hydrogens (tertiary/aromatic N) is 3. The molecule has 2 aliphatic rings. The molecule has 0 N–H and O–H groups in total. The number of anilines is 2. The van der Waals surface area contributed by atoms with Gasteiger partial charge in [-0.25, -0.2) is 0 Å². The molecule has 0 aromatic heterocycles. The molecule has 0 aliphatic carbocycles. The van der Waals surface area contributed by atoms with Crippen LogP contribution in [0.1, 0.15) is 11.1 Å². The topological polar surface area (TPSA) is 45.3 Å². The van der Waals surface area contributed by atoms with Gasteiger partial charge < -0.3 is 19.3 Å². The summed E-state index contributed by atoms with van der Waals surface area (Å²) in [6.07, 6.45) is 2.50. The lowest BCUT2D eigenvalue weighted by Crippen LogP contribution is -2.59. The molecule has 4 aromatic carbocycles. The maximum Gasteiger partial charge on any atom is 0.242 e. The van der Waals surface area contributed by atoms with Crippen molar-refractivity contribution in [2.75, 3.05) is 44.4 Å². The van der Waals surface area contributed by atoms with Crippen molar-refractivity contribution < 1.29 is 14.3 Å². The van der Waals surface area contributed by atoms with Gasteiger partial charge in [0.15, 0.2) is 5.76 Å². The van der Waals surface area contributed by atoms with Crippen LogP contribution in [0.2, 0.25) is 0 Å². The SMILES string of the molecule is O=C(CN(c1ccccc1)c1ccccc1)N1CCN(C(Cc2ccccc2)(C2=COCO2)c2ccccc2)CC1. The largest absolute Gasteiger partial charge is 0.462 e. The molecule has 1 saturated heterocycles. The van der Waals surface area contributed by atoms with Gasteiger partial charge in [0.05, 0.1) is 0 Å². The third kappa shape index (κ3) is 5.70. The molecule has 41 heavy (non-hydrogen) atoms. The molecule has 6 rings (SSSR count). The Kier molecular flexibility index (Phi) is 8.01. The molecule has 6 nitrogen and oxygen atoms in total. The third-order valence-electron chi connectivity index (χ3n) is 8.04. The Morgan fingerprint density at radius 2 is 1.24 bits per heavy atom. The number of para-hydroxylation sites is 2. The molecule has 0 spiro atoms. The predicted octanol–water partition coefficient (Wildman–Crippen LogP) is 5.95. The number of ether oxygens (including phenoxy) is 2. The van der Waals surface area contributed by atoms with E-state index in [4.69, 9.17) is 9.47 Å². The van der Waals surface area contributed by atoms with E-state index >= 15 is 0 Å². The van der Waals surface area contributed by atoms with Crippen LogP contribution in [0.25, 0.3) is 0 Å². The minimum Gasteiger partial charge on any atom is -0.462 e. The summed E-state index contributed by atoms with van der Waals surface area (Å²) >= 11 is 0. The highest BCUT2D eigenvalue weighted by atomic mass is 16.7. The quantitative estimate of drug-likeness (QED) is 0.260. The van der Waals surface area contributed by atoms with Crippen LogP contribution < -0.4 is 4.90 Å². The summed E-state index contributed by atoms with van der Waals surface area (Å²) in [7, 11) is 0. The fraction of sp³-hybridized carbons (Fsp3) is 0.229. The molecule has 0 radical (unpaired) electrons. The van der Waals surface area contributed by atoms with Crippen LogP contribution in [0.5, 0.6) is 0 Å². The van der Waals surface area contributed by atoms with Gasteiger partial charge in [-0.05, 0) is 35.4 Å². The molecule has 2 heterocycles. The standard InChI is InChI=1S/C35H35N3O3/c39-34(26-38(31-17-9-3-10-18-31)32-19-11-4-12-20-32)36-21-23-37(24-22-36)35(33-27-40-28-41-33,30-15-7-2-8-16-30)25-29-13-5-1-6-14-29/h1-20,27H,21-26,28H2. The lowest BCUT2D eigenvalue weighted by atomic mass is 9.80. The van der Waals surface area contributed by atoms with E-state index < -0.39 is 5.54 Å². The molecule has 208 valence electrons. The Hall–Kier alpha value is -4.55. The molecule has 1 atom stereocenters. The highest BCUT2D eigenvalue weighted by Crippen LogP contribution is 2.42. The normalized spacial score (nSPS) is 16.7. The van der Waals surface area contributed by atoms with Gasteiger partial charge in [0.25, 0.3) is 0 Å². The maximum absolute atomic E-state index is 13.7. The van der Waals surface area contributed by atoms with Crippen molar-refractivity contribution >= 4 is 17.3 Å². The number of benzene rings is 4. The second-order valence-corrected chi connectivity index (χ2v) is 10.4. The third-order valence-corrected chi connectivity index (χ3v) is 8.04. The van der Waals surface area contributed by atoms with Crippen LogP contribution in [-0.2, 0) is 26.2 Å². The van der Waals surface area contributed by atoms with E-state index in [1.807, 2.05) is 77.7 Å². The van der Waals surface area contributed by atoms with Crippen LogP contribution in [0.3, 0.4) is 0 Å². The van der Waals surface area contributed by atoms with Crippen molar-refractivity contribution in [3.63, 3.8) is 0 Å².